The fourth-order valence-electron chi connectivity index (χ4n) is 7.01. The zero-order valence-corrected chi connectivity index (χ0v) is 40.2. The average Bonchev–Trinajstić information content (AvgIpc) is 3.26. The number of hydrogen-bond donors (Lipinski definition) is 0. The molecule has 0 N–H and O–H groups in total. The molecule has 352 valence electrons. The first-order valence-electron chi connectivity index (χ1n) is 25.8. The highest BCUT2D eigenvalue weighted by molar-refractivity contribution is 5.71. The molecule has 0 aliphatic rings. The number of carbonyl (C=O) groups excluding carboxylic acids is 3. The topological polar surface area (TPSA) is 78.9 Å². The van der Waals surface area contributed by atoms with Crippen LogP contribution in [0.1, 0.15) is 252 Å². The van der Waals surface area contributed by atoms with Crippen LogP contribution in [0.2, 0.25) is 0 Å². The quantitative estimate of drug-likeness (QED) is 0.0263. The number of carbonyl (C=O) groups is 3. The molecule has 6 nitrogen and oxygen atoms in total. The van der Waals surface area contributed by atoms with Gasteiger partial charge in [-0.15, -0.1) is 0 Å². The molecule has 1 atom stereocenters. The second-order valence-electron chi connectivity index (χ2n) is 17.1. The van der Waals surface area contributed by atoms with Crippen LogP contribution in [0, 0.1) is 0 Å². The van der Waals surface area contributed by atoms with E-state index in [2.05, 4.69) is 81.5 Å². The van der Waals surface area contributed by atoms with Gasteiger partial charge in [0.05, 0.1) is 0 Å². The molecule has 61 heavy (non-hydrogen) atoms. The lowest BCUT2D eigenvalue weighted by atomic mass is 10.1. The lowest BCUT2D eigenvalue weighted by Crippen LogP contribution is -2.30. The molecule has 0 aromatic rings. The molecule has 0 aliphatic heterocycles. The van der Waals surface area contributed by atoms with Crippen molar-refractivity contribution in [1.29, 1.82) is 0 Å². The van der Waals surface area contributed by atoms with E-state index in [9.17, 15) is 14.4 Å². The first-order chi connectivity index (χ1) is 30.0. The average molecular weight is 853 g/mol. The Balaban J connectivity index is 4.38. The van der Waals surface area contributed by atoms with Crippen molar-refractivity contribution in [2.75, 3.05) is 13.2 Å². The highest BCUT2D eigenvalue weighted by Crippen LogP contribution is 2.14. The molecule has 0 amide bonds. The van der Waals surface area contributed by atoms with E-state index in [1.807, 2.05) is 0 Å². The monoisotopic (exact) mass is 853 g/mol. The van der Waals surface area contributed by atoms with Crippen LogP contribution in [0.15, 0.2) is 60.8 Å². The van der Waals surface area contributed by atoms with Gasteiger partial charge in [-0.2, -0.15) is 0 Å². The van der Waals surface area contributed by atoms with Gasteiger partial charge in [0.15, 0.2) is 6.10 Å². The lowest BCUT2D eigenvalue weighted by molar-refractivity contribution is -0.167. The summed E-state index contributed by atoms with van der Waals surface area (Å²) >= 11 is 0. The highest BCUT2D eigenvalue weighted by Gasteiger charge is 2.19. The summed E-state index contributed by atoms with van der Waals surface area (Å²) in [6.45, 7) is 6.53. The van der Waals surface area contributed by atoms with Crippen molar-refractivity contribution >= 4 is 17.9 Å². The molecule has 0 aliphatic carbocycles. The summed E-state index contributed by atoms with van der Waals surface area (Å²) in [5, 5.41) is 0. The molecule has 0 rings (SSSR count). The lowest BCUT2D eigenvalue weighted by Gasteiger charge is -2.18. The minimum atomic E-state index is -0.785. The maximum Gasteiger partial charge on any atom is 0.306 e. The predicted octanol–water partition coefficient (Wildman–Crippen LogP) is 16.9. The van der Waals surface area contributed by atoms with Gasteiger partial charge in [-0.25, -0.2) is 0 Å². The van der Waals surface area contributed by atoms with Gasteiger partial charge in [-0.3, -0.25) is 14.4 Å². The largest absolute Gasteiger partial charge is 0.462 e. The standard InChI is InChI=1S/C55H96O6/c1-4-7-10-13-16-19-22-24-25-26-27-28-29-31-33-36-39-42-45-48-54(57)60-51-52(50-59-53(56)47-44-41-38-35-32-21-18-15-12-9-6-3)61-55(58)49-46-43-40-37-34-30-23-20-17-14-11-8-5-2/h15-16,18-20,23-25,27-28,52H,4-14,17,21-22,26,29-51H2,1-3H3/b18-15-,19-16-,23-20-,25-24-,28-27-/t52-/m1/s1. The van der Waals surface area contributed by atoms with Gasteiger partial charge in [0.25, 0.3) is 0 Å². The molecule has 0 spiro atoms. The van der Waals surface area contributed by atoms with Crippen LogP contribution in [0.4, 0.5) is 0 Å². The SMILES string of the molecule is CCCC/C=C\CCCCCCCC(=O)OC[C@H](COC(=O)CCCCCCCC/C=C\C/C=C\C/C=C\CCCCC)OC(=O)CCCCCCC/C=C\CCCCCC. The number of esters is 3. The normalized spacial score (nSPS) is 12.5. The molecule has 0 aromatic heterocycles. The third-order valence-electron chi connectivity index (χ3n) is 11.0. The molecule has 0 fully saturated rings. The van der Waals surface area contributed by atoms with Crippen LogP contribution in [-0.4, -0.2) is 37.2 Å². The number of rotatable bonds is 46. The number of ether oxygens (including phenoxy) is 3. The van der Waals surface area contributed by atoms with Crippen LogP contribution in [0.25, 0.3) is 0 Å². The Bertz CT molecular complexity index is 1120. The van der Waals surface area contributed by atoms with Crippen LogP contribution in [-0.2, 0) is 28.6 Å². The predicted molar refractivity (Wildman–Crippen MR) is 261 cm³/mol. The Morgan fingerprint density at radius 1 is 0.328 bits per heavy atom. The molecule has 0 saturated carbocycles. The third-order valence-corrected chi connectivity index (χ3v) is 11.0. The highest BCUT2D eigenvalue weighted by atomic mass is 16.6. The van der Waals surface area contributed by atoms with E-state index < -0.39 is 6.10 Å². The minimum absolute atomic E-state index is 0.0862. The van der Waals surface area contributed by atoms with Crippen LogP contribution < -0.4 is 0 Å². The van der Waals surface area contributed by atoms with Gasteiger partial charge in [0.2, 0.25) is 0 Å². The Kier molecular flexibility index (Phi) is 47.4. The molecular weight excluding hydrogens is 757 g/mol. The van der Waals surface area contributed by atoms with Gasteiger partial charge >= 0.3 is 17.9 Å². The Morgan fingerprint density at radius 2 is 0.607 bits per heavy atom. The third kappa shape index (κ3) is 48.0. The molecule has 0 bridgehead atoms. The molecule has 0 unspecified atom stereocenters. The number of allylic oxidation sites excluding steroid dienone is 10. The van der Waals surface area contributed by atoms with Crippen LogP contribution in [0.5, 0.6) is 0 Å². The zero-order chi connectivity index (χ0) is 44.4. The summed E-state index contributed by atoms with van der Waals surface area (Å²) in [6, 6.07) is 0. The van der Waals surface area contributed by atoms with Gasteiger partial charge in [0.1, 0.15) is 13.2 Å². The summed E-state index contributed by atoms with van der Waals surface area (Å²) in [7, 11) is 0. The van der Waals surface area contributed by atoms with Crippen molar-refractivity contribution in [2.24, 2.45) is 0 Å². The van der Waals surface area contributed by atoms with Crippen molar-refractivity contribution in [3.05, 3.63) is 60.8 Å². The Morgan fingerprint density at radius 3 is 1.02 bits per heavy atom. The second kappa shape index (κ2) is 49.8. The van der Waals surface area contributed by atoms with Crippen molar-refractivity contribution in [3.63, 3.8) is 0 Å². The van der Waals surface area contributed by atoms with E-state index in [-0.39, 0.29) is 31.1 Å². The van der Waals surface area contributed by atoms with E-state index in [4.69, 9.17) is 14.2 Å². The second-order valence-corrected chi connectivity index (χ2v) is 17.1. The summed E-state index contributed by atoms with van der Waals surface area (Å²) in [5.41, 5.74) is 0. The summed E-state index contributed by atoms with van der Waals surface area (Å²) in [4.78, 5) is 37.9. The maximum atomic E-state index is 12.8. The molecule has 0 aromatic carbocycles. The molecule has 0 radical (unpaired) electrons. The van der Waals surface area contributed by atoms with E-state index in [0.29, 0.717) is 19.3 Å². The first-order valence-corrected chi connectivity index (χ1v) is 25.8. The van der Waals surface area contributed by atoms with E-state index >= 15 is 0 Å². The van der Waals surface area contributed by atoms with E-state index in [0.717, 1.165) is 96.3 Å². The minimum Gasteiger partial charge on any atom is -0.462 e. The summed E-state index contributed by atoms with van der Waals surface area (Å²) < 4.78 is 16.8. The molecule has 6 heteroatoms. The first kappa shape index (κ1) is 58.1. The van der Waals surface area contributed by atoms with Crippen LogP contribution >= 0.6 is 0 Å². The maximum absolute atomic E-state index is 12.8. The Labute approximate surface area is 377 Å². The Hall–Kier alpha value is -2.89. The van der Waals surface area contributed by atoms with Crippen molar-refractivity contribution < 1.29 is 28.6 Å². The fourth-order valence-corrected chi connectivity index (χ4v) is 7.01. The fraction of sp³-hybridized carbons (Fsp3) is 0.764. The van der Waals surface area contributed by atoms with E-state index in [1.165, 1.54) is 116 Å². The van der Waals surface area contributed by atoms with Crippen molar-refractivity contribution in [1.82, 2.24) is 0 Å². The van der Waals surface area contributed by atoms with Gasteiger partial charge in [-0.1, -0.05) is 191 Å². The van der Waals surface area contributed by atoms with Crippen molar-refractivity contribution in [3.8, 4) is 0 Å². The number of unbranched alkanes of at least 4 members (excludes halogenated alkanes) is 25. The molecule has 0 saturated heterocycles. The summed E-state index contributed by atoms with van der Waals surface area (Å²) in [6.07, 6.45) is 60.6. The van der Waals surface area contributed by atoms with Gasteiger partial charge in [-0.05, 0) is 103 Å². The van der Waals surface area contributed by atoms with Gasteiger partial charge in [0, 0.05) is 19.3 Å². The zero-order valence-electron chi connectivity index (χ0n) is 40.2. The van der Waals surface area contributed by atoms with Crippen LogP contribution in [0.3, 0.4) is 0 Å². The van der Waals surface area contributed by atoms with Crippen molar-refractivity contribution in [2.45, 2.75) is 258 Å². The van der Waals surface area contributed by atoms with Gasteiger partial charge < -0.3 is 14.2 Å². The number of hydrogen-bond acceptors (Lipinski definition) is 6. The smallest absolute Gasteiger partial charge is 0.306 e. The summed E-state index contributed by atoms with van der Waals surface area (Å²) in [5.74, 6) is -0.915. The van der Waals surface area contributed by atoms with E-state index in [1.54, 1.807) is 0 Å². The molecular formula is C55H96O6. The molecule has 0 heterocycles.